The van der Waals surface area contributed by atoms with Gasteiger partial charge >= 0.3 is 0 Å². The summed E-state index contributed by atoms with van der Waals surface area (Å²) in [5.74, 6) is -4.36. The number of hydrogen-bond acceptors (Lipinski definition) is 4. The van der Waals surface area contributed by atoms with Crippen LogP contribution in [-0.4, -0.2) is 27.3 Å². The maximum atomic E-state index is 13.7. The first-order valence-electron chi connectivity index (χ1n) is 8.61. The van der Waals surface area contributed by atoms with E-state index in [4.69, 9.17) is 0 Å². The number of hydrogen-bond donors (Lipinski definition) is 1. The van der Waals surface area contributed by atoms with Crippen LogP contribution in [0.1, 0.15) is 21.6 Å². The van der Waals surface area contributed by atoms with Crippen LogP contribution in [0.3, 0.4) is 0 Å². The zero-order valence-corrected chi connectivity index (χ0v) is 14.6. The highest BCUT2D eigenvalue weighted by Crippen LogP contribution is 2.23. The van der Waals surface area contributed by atoms with E-state index in [-0.39, 0.29) is 23.1 Å². The van der Waals surface area contributed by atoms with Crippen LogP contribution in [0.5, 0.6) is 0 Å². The summed E-state index contributed by atoms with van der Waals surface area (Å²) in [7, 11) is 0. The number of rotatable bonds is 3. The molecule has 2 aromatic carbocycles. The first kappa shape index (κ1) is 18.0. The third kappa shape index (κ3) is 3.40. The van der Waals surface area contributed by atoms with Crippen LogP contribution < -0.4 is 5.32 Å². The second kappa shape index (κ2) is 7.30. The standard InChI is InChI=1S/C20H15F3N4O/c21-14-5-6-15(19(23)18(14)22)26-17-10-24-16(9-25-17)20(28)27-8-7-12-3-1-2-4-13(12)11-27/h1-6,9-10H,7-8,11H2,(H,25,26). The first-order chi connectivity index (χ1) is 13.5. The Bertz CT molecular complexity index is 1040. The Morgan fingerprint density at radius 2 is 1.75 bits per heavy atom. The molecule has 0 bridgehead atoms. The van der Waals surface area contributed by atoms with Crippen molar-refractivity contribution in [3.63, 3.8) is 0 Å². The maximum absolute atomic E-state index is 13.7. The molecule has 3 aromatic rings. The van der Waals surface area contributed by atoms with E-state index in [9.17, 15) is 18.0 Å². The molecule has 1 aliphatic heterocycles. The van der Waals surface area contributed by atoms with Crippen molar-refractivity contribution in [2.45, 2.75) is 13.0 Å². The van der Waals surface area contributed by atoms with E-state index in [0.29, 0.717) is 13.1 Å². The van der Waals surface area contributed by atoms with Crippen molar-refractivity contribution >= 4 is 17.4 Å². The van der Waals surface area contributed by atoms with Gasteiger partial charge in [-0.05, 0) is 29.7 Å². The summed E-state index contributed by atoms with van der Waals surface area (Å²) in [4.78, 5) is 22.4. The molecule has 0 spiro atoms. The van der Waals surface area contributed by atoms with Gasteiger partial charge in [0.1, 0.15) is 11.5 Å². The lowest BCUT2D eigenvalue weighted by atomic mass is 10.00. The van der Waals surface area contributed by atoms with E-state index in [0.717, 1.165) is 24.1 Å². The third-order valence-corrected chi connectivity index (χ3v) is 4.59. The van der Waals surface area contributed by atoms with Gasteiger partial charge in [-0.15, -0.1) is 0 Å². The predicted molar refractivity (Wildman–Crippen MR) is 96.5 cm³/mol. The van der Waals surface area contributed by atoms with Crippen molar-refractivity contribution in [2.24, 2.45) is 0 Å². The number of aromatic nitrogens is 2. The summed E-state index contributed by atoms with van der Waals surface area (Å²) in [6, 6.07) is 9.81. The molecule has 1 aromatic heterocycles. The molecule has 0 saturated carbocycles. The quantitative estimate of drug-likeness (QED) is 0.698. The highest BCUT2D eigenvalue weighted by molar-refractivity contribution is 5.92. The average molecular weight is 384 g/mol. The molecule has 5 nitrogen and oxygen atoms in total. The molecular formula is C20H15F3N4O. The van der Waals surface area contributed by atoms with E-state index in [1.165, 1.54) is 18.0 Å². The molecule has 0 aliphatic carbocycles. The summed E-state index contributed by atoms with van der Waals surface area (Å²) in [5, 5.41) is 2.52. The third-order valence-electron chi connectivity index (χ3n) is 4.59. The summed E-state index contributed by atoms with van der Waals surface area (Å²) < 4.78 is 40.0. The van der Waals surface area contributed by atoms with Crippen LogP contribution in [0, 0.1) is 17.5 Å². The summed E-state index contributed by atoms with van der Waals surface area (Å²) in [5.41, 5.74) is 2.20. The molecule has 1 amide bonds. The molecule has 142 valence electrons. The van der Waals surface area contributed by atoms with Crippen LogP contribution in [0.2, 0.25) is 0 Å². The molecule has 1 N–H and O–H groups in total. The van der Waals surface area contributed by atoms with Crippen molar-refractivity contribution < 1.29 is 18.0 Å². The largest absolute Gasteiger partial charge is 0.336 e. The molecule has 0 radical (unpaired) electrons. The molecule has 1 aliphatic rings. The number of fused-ring (bicyclic) bond motifs is 1. The Labute approximate surface area is 158 Å². The number of amides is 1. The van der Waals surface area contributed by atoms with Crippen molar-refractivity contribution in [3.8, 4) is 0 Å². The highest BCUT2D eigenvalue weighted by atomic mass is 19.2. The molecule has 4 rings (SSSR count). The number of carbonyl (C=O) groups is 1. The first-order valence-corrected chi connectivity index (χ1v) is 8.61. The molecule has 0 saturated heterocycles. The van der Waals surface area contributed by atoms with E-state index < -0.39 is 17.5 Å². The van der Waals surface area contributed by atoms with Gasteiger partial charge < -0.3 is 10.2 Å². The summed E-state index contributed by atoms with van der Waals surface area (Å²) in [6.07, 6.45) is 3.28. The van der Waals surface area contributed by atoms with Gasteiger partial charge in [-0.3, -0.25) is 4.79 Å². The van der Waals surface area contributed by atoms with Gasteiger partial charge in [-0.2, -0.15) is 0 Å². The van der Waals surface area contributed by atoms with Gasteiger partial charge in [0.25, 0.3) is 5.91 Å². The molecule has 2 heterocycles. The normalized spacial score (nSPS) is 13.2. The van der Waals surface area contributed by atoms with E-state index >= 15 is 0 Å². The van der Waals surface area contributed by atoms with E-state index in [1.807, 2.05) is 18.2 Å². The number of nitrogens with zero attached hydrogens (tertiary/aromatic N) is 3. The number of carbonyl (C=O) groups excluding carboxylic acids is 1. The Balaban J connectivity index is 1.48. The zero-order valence-electron chi connectivity index (χ0n) is 14.6. The minimum absolute atomic E-state index is 0.102. The van der Waals surface area contributed by atoms with Crippen LogP contribution in [0.25, 0.3) is 0 Å². The Morgan fingerprint density at radius 1 is 0.964 bits per heavy atom. The molecular weight excluding hydrogens is 369 g/mol. The lowest BCUT2D eigenvalue weighted by Crippen LogP contribution is -2.36. The summed E-state index contributed by atoms with van der Waals surface area (Å²) in [6.45, 7) is 1.08. The monoisotopic (exact) mass is 384 g/mol. The van der Waals surface area contributed by atoms with Gasteiger partial charge in [0.15, 0.2) is 17.5 Å². The van der Waals surface area contributed by atoms with Crippen LogP contribution in [-0.2, 0) is 13.0 Å². The second-order valence-electron chi connectivity index (χ2n) is 6.38. The fourth-order valence-corrected chi connectivity index (χ4v) is 3.09. The number of benzene rings is 2. The fraction of sp³-hybridized carbons (Fsp3) is 0.150. The predicted octanol–water partition coefficient (Wildman–Crippen LogP) is 3.84. The second-order valence-corrected chi connectivity index (χ2v) is 6.38. The Hall–Kier alpha value is -3.42. The zero-order chi connectivity index (χ0) is 19.7. The molecule has 0 unspecified atom stereocenters. The Kier molecular flexibility index (Phi) is 4.68. The topological polar surface area (TPSA) is 58.1 Å². The lowest BCUT2D eigenvalue weighted by molar-refractivity contribution is 0.0728. The van der Waals surface area contributed by atoms with E-state index in [2.05, 4.69) is 21.4 Å². The van der Waals surface area contributed by atoms with E-state index in [1.54, 1.807) is 4.90 Å². The maximum Gasteiger partial charge on any atom is 0.274 e. The SMILES string of the molecule is O=C(c1cnc(Nc2ccc(F)c(F)c2F)cn1)N1CCc2ccccc2C1. The minimum atomic E-state index is -1.57. The number of anilines is 2. The summed E-state index contributed by atoms with van der Waals surface area (Å²) >= 11 is 0. The van der Waals surface area contributed by atoms with Crippen LogP contribution in [0.15, 0.2) is 48.8 Å². The molecule has 8 heteroatoms. The van der Waals surface area contributed by atoms with Gasteiger partial charge in [-0.1, -0.05) is 24.3 Å². The minimum Gasteiger partial charge on any atom is -0.336 e. The van der Waals surface area contributed by atoms with Crippen LogP contribution in [0.4, 0.5) is 24.7 Å². The average Bonchev–Trinajstić information content (AvgIpc) is 2.74. The van der Waals surface area contributed by atoms with Gasteiger partial charge in [0.2, 0.25) is 0 Å². The van der Waals surface area contributed by atoms with Gasteiger partial charge in [-0.25, -0.2) is 23.1 Å². The molecule has 0 fully saturated rings. The number of nitrogens with one attached hydrogen (secondary N) is 1. The van der Waals surface area contributed by atoms with Gasteiger partial charge in [0.05, 0.1) is 18.1 Å². The molecule has 28 heavy (non-hydrogen) atoms. The smallest absolute Gasteiger partial charge is 0.274 e. The Morgan fingerprint density at radius 3 is 2.50 bits per heavy atom. The van der Waals surface area contributed by atoms with Crippen molar-refractivity contribution in [1.82, 2.24) is 14.9 Å². The van der Waals surface area contributed by atoms with Gasteiger partial charge in [0, 0.05) is 13.1 Å². The molecule has 0 atom stereocenters. The highest BCUT2D eigenvalue weighted by Gasteiger charge is 2.22. The van der Waals surface area contributed by atoms with Crippen molar-refractivity contribution in [2.75, 3.05) is 11.9 Å². The lowest BCUT2D eigenvalue weighted by Gasteiger charge is -2.28. The fourth-order valence-electron chi connectivity index (χ4n) is 3.09. The van der Waals surface area contributed by atoms with Crippen LogP contribution >= 0.6 is 0 Å². The number of halogens is 3. The van der Waals surface area contributed by atoms with Crippen molar-refractivity contribution in [1.29, 1.82) is 0 Å². The van der Waals surface area contributed by atoms with Crippen molar-refractivity contribution in [3.05, 3.63) is 83.1 Å².